The summed E-state index contributed by atoms with van der Waals surface area (Å²) >= 11 is 3.08. The van der Waals surface area contributed by atoms with Crippen LogP contribution in [0.5, 0.6) is 0 Å². The molecule has 20 heavy (non-hydrogen) atoms. The Morgan fingerprint density at radius 2 is 2.25 bits per heavy atom. The number of hydrogen-bond donors (Lipinski definition) is 1. The van der Waals surface area contributed by atoms with Crippen molar-refractivity contribution in [1.29, 1.82) is 0 Å². The van der Waals surface area contributed by atoms with Gasteiger partial charge < -0.3 is 4.42 Å². The summed E-state index contributed by atoms with van der Waals surface area (Å²) in [6.45, 7) is 0. The summed E-state index contributed by atoms with van der Waals surface area (Å²) in [5, 5.41) is 14.5. The minimum atomic E-state index is -0.511. The smallest absolute Gasteiger partial charge is 0.307 e. The van der Waals surface area contributed by atoms with Gasteiger partial charge in [-0.3, -0.25) is 14.9 Å². The van der Waals surface area contributed by atoms with Crippen molar-refractivity contribution in [2.24, 2.45) is 5.10 Å². The van der Waals surface area contributed by atoms with Gasteiger partial charge in [0.05, 0.1) is 21.9 Å². The lowest BCUT2D eigenvalue weighted by Gasteiger charge is -1.98. The van der Waals surface area contributed by atoms with Crippen LogP contribution in [0.3, 0.4) is 0 Å². The third kappa shape index (κ3) is 3.29. The fourth-order valence-electron chi connectivity index (χ4n) is 1.38. The molecule has 0 aliphatic carbocycles. The Labute approximate surface area is 121 Å². The van der Waals surface area contributed by atoms with Gasteiger partial charge in [-0.15, -0.1) is 0 Å². The lowest BCUT2D eigenvalue weighted by atomic mass is 10.2. The van der Waals surface area contributed by atoms with Crippen LogP contribution in [-0.2, 0) is 0 Å². The molecule has 1 amide bonds. The molecule has 0 unspecified atom stereocenters. The van der Waals surface area contributed by atoms with E-state index in [4.69, 9.17) is 4.42 Å². The number of hydrogen-bond acceptors (Lipinski definition) is 5. The predicted molar refractivity (Wildman–Crippen MR) is 74.6 cm³/mol. The summed E-state index contributed by atoms with van der Waals surface area (Å²) in [7, 11) is 0. The first-order chi connectivity index (χ1) is 9.58. The zero-order valence-electron chi connectivity index (χ0n) is 9.95. The third-order valence-electron chi connectivity index (χ3n) is 2.29. The zero-order chi connectivity index (χ0) is 14.5. The minimum Gasteiger partial charge on any atom is -0.459 e. The highest BCUT2D eigenvalue weighted by Gasteiger charge is 2.11. The number of carbonyl (C=O) groups excluding carboxylic acids is 1. The molecule has 0 fully saturated rings. The molecule has 1 aromatic carbocycles. The van der Waals surface area contributed by atoms with E-state index < -0.39 is 10.8 Å². The van der Waals surface area contributed by atoms with Gasteiger partial charge in [-0.1, -0.05) is 6.07 Å². The molecular formula is C12H8BrN3O4. The van der Waals surface area contributed by atoms with Crippen LogP contribution in [0.4, 0.5) is 5.69 Å². The van der Waals surface area contributed by atoms with E-state index >= 15 is 0 Å². The standard InChI is InChI=1S/C12H8BrN3O4/c13-9-4-3-8(6-10(9)16(18)19)7-14-15-12(17)11-2-1-5-20-11/h1-7H,(H,15,17)/b14-7-. The van der Waals surface area contributed by atoms with Gasteiger partial charge in [-0.25, -0.2) is 5.43 Å². The van der Waals surface area contributed by atoms with Crippen molar-refractivity contribution in [2.75, 3.05) is 0 Å². The average Bonchev–Trinajstić information content (AvgIpc) is 2.94. The monoisotopic (exact) mass is 337 g/mol. The summed E-state index contributed by atoms with van der Waals surface area (Å²) in [6, 6.07) is 7.58. The molecule has 2 rings (SSSR count). The lowest BCUT2D eigenvalue weighted by molar-refractivity contribution is -0.385. The quantitative estimate of drug-likeness (QED) is 0.526. The first-order valence-corrected chi connectivity index (χ1v) is 6.18. The molecule has 7 nitrogen and oxygen atoms in total. The summed E-state index contributed by atoms with van der Waals surface area (Å²) in [4.78, 5) is 21.7. The summed E-state index contributed by atoms with van der Waals surface area (Å²) in [6.07, 6.45) is 2.68. The molecule has 0 spiro atoms. The molecule has 8 heteroatoms. The second-order valence-corrected chi connectivity index (χ2v) is 4.50. The van der Waals surface area contributed by atoms with Crippen molar-refractivity contribution in [3.63, 3.8) is 0 Å². The number of halogens is 1. The molecule has 1 heterocycles. The zero-order valence-corrected chi connectivity index (χ0v) is 11.5. The van der Waals surface area contributed by atoms with E-state index in [0.29, 0.717) is 10.0 Å². The van der Waals surface area contributed by atoms with E-state index in [9.17, 15) is 14.9 Å². The summed E-state index contributed by atoms with van der Waals surface area (Å²) < 4.78 is 5.26. The largest absolute Gasteiger partial charge is 0.459 e. The molecule has 0 aliphatic rings. The SMILES string of the molecule is O=C(N/N=C\c1ccc(Br)c([N+](=O)[O-])c1)c1ccco1. The lowest BCUT2D eigenvalue weighted by Crippen LogP contribution is -2.16. The average molecular weight is 338 g/mol. The number of rotatable bonds is 4. The first kappa shape index (κ1) is 13.9. The van der Waals surface area contributed by atoms with Crippen molar-refractivity contribution in [2.45, 2.75) is 0 Å². The Hall–Kier alpha value is -2.48. The van der Waals surface area contributed by atoms with Crippen LogP contribution in [0.25, 0.3) is 0 Å². The Bertz CT molecular complexity index is 667. The maximum absolute atomic E-state index is 11.5. The number of hydrazone groups is 1. The Morgan fingerprint density at radius 1 is 1.45 bits per heavy atom. The highest BCUT2D eigenvalue weighted by molar-refractivity contribution is 9.10. The molecular weight excluding hydrogens is 330 g/mol. The molecule has 0 atom stereocenters. The van der Waals surface area contributed by atoms with E-state index in [2.05, 4.69) is 26.5 Å². The highest BCUT2D eigenvalue weighted by atomic mass is 79.9. The fourth-order valence-corrected chi connectivity index (χ4v) is 1.77. The molecule has 0 bridgehead atoms. The van der Waals surface area contributed by atoms with Crippen LogP contribution in [-0.4, -0.2) is 17.0 Å². The first-order valence-electron chi connectivity index (χ1n) is 5.39. The number of nitro benzene ring substituents is 1. The van der Waals surface area contributed by atoms with Gasteiger partial charge in [0.25, 0.3) is 5.69 Å². The van der Waals surface area contributed by atoms with Crippen LogP contribution in [0.2, 0.25) is 0 Å². The molecule has 1 N–H and O–H groups in total. The molecule has 0 saturated heterocycles. The molecule has 0 saturated carbocycles. The summed E-state index contributed by atoms with van der Waals surface area (Å²) in [5.41, 5.74) is 2.66. The third-order valence-corrected chi connectivity index (χ3v) is 2.96. The Kier molecular flexibility index (Phi) is 4.26. The van der Waals surface area contributed by atoms with E-state index in [0.717, 1.165) is 0 Å². The van der Waals surface area contributed by atoms with Gasteiger partial charge in [0.2, 0.25) is 0 Å². The van der Waals surface area contributed by atoms with Gasteiger partial charge in [0, 0.05) is 11.6 Å². The maximum Gasteiger partial charge on any atom is 0.307 e. The number of nitro groups is 1. The van der Waals surface area contributed by atoms with Gasteiger partial charge in [0.1, 0.15) is 0 Å². The normalized spacial score (nSPS) is 10.7. The van der Waals surface area contributed by atoms with Gasteiger partial charge in [0.15, 0.2) is 5.76 Å². The predicted octanol–water partition coefficient (Wildman–Crippen LogP) is 2.71. The fraction of sp³-hybridized carbons (Fsp3) is 0. The Morgan fingerprint density at radius 3 is 2.90 bits per heavy atom. The van der Waals surface area contributed by atoms with Crippen molar-refractivity contribution in [1.82, 2.24) is 5.43 Å². The van der Waals surface area contributed by atoms with E-state index in [1.807, 2.05) is 0 Å². The number of amides is 1. The second-order valence-electron chi connectivity index (χ2n) is 3.64. The molecule has 0 radical (unpaired) electrons. The van der Waals surface area contributed by atoms with Crippen LogP contribution in [0, 0.1) is 10.1 Å². The van der Waals surface area contributed by atoms with Crippen LogP contribution in [0.15, 0.2) is 50.6 Å². The van der Waals surface area contributed by atoms with Gasteiger partial charge >= 0.3 is 5.91 Å². The molecule has 102 valence electrons. The van der Waals surface area contributed by atoms with E-state index in [1.54, 1.807) is 12.1 Å². The van der Waals surface area contributed by atoms with Crippen molar-refractivity contribution in [3.05, 3.63) is 62.5 Å². The number of nitrogens with zero attached hydrogens (tertiary/aromatic N) is 2. The highest BCUT2D eigenvalue weighted by Crippen LogP contribution is 2.24. The number of furan rings is 1. The van der Waals surface area contributed by atoms with E-state index in [-0.39, 0.29) is 11.4 Å². The number of carbonyl (C=O) groups is 1. The Balaban J connectivity index is 2.07. The molecule has 0 aliphatic heterocycles. The van der Waals surface area contributed by atoms with Crippen molar-refractivity contribution >= 4 is 33.7 Å². The van der Waals surface area contributed by atoms with E-state index in [1.165, 1.54) is 30.7 Å². The van der Waals surface area contributed by atoms with Gasteiger partial charge in [-0.2, -0.15) is 5.10 Å². The van der Waals surface area contributed by atoms with Crippen LogP contribution in [0.1, 0.15) is 16.1 Å². The van der Waals surface area contributed by atoms with Crippen LogP contribution < -0.4 is 5.43 Å². The van der Waals surface area contributed by atoms with Crippen molar-refractivity contribution < 1.29 is 14.1 Å². The number of benzene rings is 1. The summed E-state index contributed by atoms with van der Waals surface area (Å²) in [5.74, 6) is -0.373. The van der Waals surface area contributed by atoms with Crippen molar-refractivity contribution in [3.8, 4) is 0 Å². The number of nitrogens with one attached hydrogen (secondary N) is 1. The molecule has 1 aromatic heterocycles. The maximum atomic E-state index is 11.5. The van der Waals surface area contributed by atoms with Crippen LogP contribution >= 0.6 is 15.9 Å². The second kappa shape index (κ2) is 6.11. The topological polar surface area (TPSA) is 97.7 Å². The van der Waals surface area contributed by atoms with Gasteiger partial charge in [-0.05, 0) is 34.1 Å². The minimum absolute atomic E-state index is 0.0775. The molecule has 2 aromatic rings.